The zero-order valence-corrected chi connectivity index (χ0v) is 13.4. The van der Waals surface area contributed by atoms with Crippen molar-refractivity contribution in [3.05, 3.63) is 35.4 Å². The van der Waals surface area contributed by atoms with Gasteiger partial charge in [-0.05, 0) is 56.7 Å². The molecule has 2 unspecified atom stereocenters. The summed E-state index contributed by atoms with van der Waals surface area (Å²) < 4.78 is 5.51. The van der Waals surface area contributed by atoms with E-state index >= 15 is 0 Å². The van der Waals surface area contributed by atoms with Crippen molar-refractivity contribution in [2.75, 3.05) is 18.5 Å². The molecule has 0 saturated heterocycles. The van der Waals surface area contributed by atoms with Gasteiger partial charge in [-0.3, -0.25) is 0 Å². The molecule has 3 nitrogen and oxygen atoms in total. The zero-order chi connectivity index (χ0) is 15.2. The molecule has 1 aliphatic rings. The molecule has 2 atom stereocenters. The van der Waals surface area contributed by atoms with Crippen molar-refractivity contribution < 1.29 is 9.84 Å². The highest BCUT2D eigenvalue weighted by atomic mass is 16.5. The number of rotatable bonds is 6. The predicted octanol–water partition coefficient (Wildman–Crippen LogP) is 3.98. The molecule has 2 N–H and O–H groups in total. The quantitative estimate of drug-likeness (QED) is 0.778. The van der Waals surface area contributed by atoms with Crippen LogP contribution in [0.15, 0.2) is 29.8 Å². The van der Waals surface area contributed by atoms with E-state index in [1.54, 1.807) is 0 Å². The molecule has 21 heavy (non-hydrogen) atoms. The van der Waals surface area contributed by atoms with Gasteiger partial charge in [0.25, 0.3) is 0 Å². The van der Waals surface area contributed by atoms with E-state index < -0.39 is 0 Å². The number of benzene rings is 1. The van der Waals surface area contributed by atoms with Gasteiger partial charge in [-0.15, -0.1) is 0 Å². The Morgan fingerprint density at radius 3 is 2.86 bits per heavy atom. The Morgan fingerprint density at radius 2 is 2.19 bits per heavy atom. The molecule has 3 heteroatoms. The van der Waals surface area contributed by atoms with Crippen molar-refractivity contribution >= 4 is 5.69 Å². The summed E-state index contributed by atoms with van der Waals surface area (Å²) in [6.45, 7) is 8.07. The number of hydrogen-bond acceptors (Lipinski definition) is 3. The first-order valence-electron chi connectivity index (χ1n) is 7.90. The van der Waals surface area contributed by atoms with E-state index in [0.29, 0.717) is 18.4 Å². The van der Waals surface area contributed by atoms with Crippen LogP contribution in [0, 0.1) is 11.8 Å². The molecule has 0 amide bonds. The minimum atomic E-state index is 0.00711. The predicted molar refractivity (Wildman–Crippen MR) is 87.7 cm³/mol. The summed E-state index contributed by atoms with van der Waals surface area (Å²) in [5.41, 5.74) is 3.40. The number of aliphatic hydroxyl groups is 1. The molecule has 0 spiro atoms. The first-order chi connectivity index (χ1) is 10.1. The van der Waals surface area contributed by atoms with Gasteiger partial charge in [0.15, 0.2) is 0 Å². The lowest BCUT2D eigenvalue weighted by molar-refractivity contribution is 0.267. The first-order valence-corrected chi connectivity index (χ1v) is 7.90. The summed E-state index contributed by atoms with van der Waals surface area (Å²) in [5.74, 6) is 2.14. The van der Waals surface area contributed by atoms with Crippen molar-refractivity contribution in [2.24, 2.45) is 11.8 Å². The molecule has 1 aliphatic carbocycles. The summed E-state index contributed by atoms with van der Waals surface area (Å²) in [6, 6.07) is 5.95. The van der Waals surface area contributed by atoms with Gasteiger partial charge >= 0.3 is 0 Å². The van der Waals surface area contributed by atoms with E-state index in [9.17, 15) is 5.11 Å². The number of aliphatic hydroxyl groups excluding tert-OH is 1. The van der Waals surface area contributed by atoms with Gasteiger partial charge in [0.2, 0.25) is 0 Å². The molecule has 0 saturated carbocycles. The molecule has 0 aliphatic heterocycles. The highest BCUT2D eigenvalue weighted by molar-refractivity contribution is 5.51. The molecule has 0 radical (unpaired) electrons. The molecule has 0 fully saturated rings. The Kier molecular flexibility index (Phi) is 5.68. The third-order valence-corrected chi connectivity index (χ3v) is 4.01. The molecule has 1 aromatic rings. The molecular weight excluding hydrogens is 262 g/mol. The van der Waals surface area contributed by atoms with Gasteiger partial charge in [-0.1, -0.05) is 18.6 Å². The minimum absolute atomic E-state index is 0.00711. The number of hydrogen-bond donors (Lipinski definition) is 2. The number of nitrogens with one attached hydrogen (secondary N) is 1. The molecule has 2 rings (SSSR count). The van der Waals surface area contributed by atoms with E-state index in [1.807, 2.05) is 25.1 Å². The van der Waals surface area contributed by atoms with Crippen molar-refractivity contribution in [3.8, 4) is 5.75 Å². The average molecular weight is 289 g/mol. The van der Waals surface area contributed by atoms with Crippen LogP contribution < -0.4 is 10.1 Å². The van der Waals surface area contributed by atoms with Crippen molar-refractivity contribution in [1.82, 2.24) is 0 Å². The maximum absolute atomic E-state index is 9.44. The fraction of sp³-hybridized carbons (Fsp3) is 0.556. The van der Waals surface area contributed by atoms with Gasteiger partial charge in [-0.25, -0.2) is 0 Å². The molecular formula is C18H27NO2. The van der Waals surface area contributed by atoms with E-state index in [4.69, 9.17) is 4.74 Å². The SMILES string of the molecule is CCOc1ccc(NCC2CC(C)=CC(C)C2)cc1CO. The molecule has 116 valence electrons. The maximum Gasteiger partial charge on any atom is 0.124 e. The molecule has 0 heterocycles. The second kappa shape index (κ2) is 7.51. The second-order valence-corrected chi connectivity index (χ2v) is 6.09. The van der Waals surface area contributed by atoms with E-state index in [1.165, 1.54) is 18.4 Å². The molecule has 0 bridgehead atoms. The van der Waals surface area contributed by atoms with E-state index in [2.05, 4.69) is 25.2 Å². The van der Waals surface area contributed by atoms with E-state index in [-0.39, 0.29) is 6.61 Å². The van der Waals surface area contributed by atoms with Gasteiger partial charge < -0.3 is 15.2 Å². The third kappa shape index (κ3) is 4.50. The Balaban J connectivity index is 1.96. The Morgan fingerprint density at radius 1 is 1.38 bits per heavy atom. The van der Waals surface area contributed by atoms with Gasteiger partial charge in [-0.2, -0.15) is 0 Å². The highest BCUT2D eigenvalue weighted by Gasteiger charge is 2.17. The molecule has 0 aromatic heterocycles. The van der Waals surface area contributed by atoms with Crippen molar-refractivity contribution in [2.45, 2.75) is 40.2 Å². The third-order valence-electron chi connectivity index (χ3n) is 4.01. The largest absolute Gasteiger partial charge is 0.494 e. The maximum atomic E-state index is 9.44. The summed E-state index contributed by atoms with van der Waals surface area (Å²) in [7, 11) is 0. The van der Waals surface area contributed by atoms with Crippen LogP contribution in [0.5, 0.6) is 5.75 Å². The summed E-state index contributed by atoms with van der Waals surface area (Å²) in [5, 5.41) is 12.9. The summed E-state index contributed by atoms with van der Waals surface area (Å²) in [6.07, 6.45) is 4.81. The lowest BCUT2D eigenvalue weighted by atomic mass is 9.84. The summed E-state index contributed by atoms with van der Waals surface area (Å²) in [4.78, 5) is 0. The monoisotopic (exact) mass is 289 g/mol. The molecule has 1 aromatic carbocycles. The smallest absolute Gasteiger partial charge is 0.124 e. The fourth-order valence-electron chi connectivity index (χ4n) is 3.21. The van der Waals surface area contributed by atoms with Crippen LogP contribution in [-0.4, -0.2) is 18.3 Å². The lowest BCUT2D eigenvalue weighted by Crippen LogP contribution is -2.20. The number of allylic oxidation sites excluding steroid dienone is 2. The fourth-order valence-corrected chi connectivity index (χ4v) is 3.21. The number of anilines is 1. The van der Waals surface area contributed by atoms with Crippen LogP contribution in [0.1, 0.15) is 39.2 Å². The topological polar surface area (TPSA) is 41.5 Å². The number of ether oxygens (including phenoxy) is 1. The zero-order valence-electron chi connectivity index (χ0n) is 13.4. The normalized spacial score (nSPS) is 21.8. The Bertz CT molecular complexity index is 496. The Hall–Kier alpha value is -1.48. The van der Waals surface area contributed by atoms with Crippen LogP contribution in [0.25, 0.3) is 0 Å². The second-order valence-electron chi connectivity index (χ2n) is 6.09. The van der Waals surface area contributed by atoms with Crippen LogP contribution in [0.3, 0.4) is 0 Å². The summed E-state index contributed by atoms with van der Waals surface area (Å²) >= 11 is 0. The highest BCUT2D eigenvalue weighted by Crippen LogP contribution is 2.29. The van der Waals surface area contributed by atoms with Gasteiger partial charge in [0.1, 0.15) is 5.75 Å². The average Bonchev–Trinajstić information content (AvgIpc) is 2.45. The van der Waals surface area contributed by atoms with Gasteiger partial charge in [0, 0.05) is 17.8 Å². The standard InChI is InChI=1S/C18H27NO2/c1-4-21-18-6-5-17(10-16(18)12-20)19-11-15-8-13(2)7-14(3)9-15/h5-7,10,13,15,19-20H,4,8-9,11-12H2,1-3H3. The van der Waals surface area contributed by atoms with Crippen LogP contribution in [-0.2, 0) is 6.61 Å². The lowest BCUT2D eigenvalue weighted by Gasteiger charge is -2.26. The van der Waals surface area contributed by atoms with Crippen LogP contribution in [0.2, 0.25) is 0 Å². The van der Waals surface area contributed by atoms with Crippen LogP contribution >= 0.6 is 0 Å². The van der Waals surface area contributed by atoms with Crippen molar-refractivity contribution in [1.29, 1.82) is 0 Å². The van der Waals surface area contributed by atoms with Crippen LogP contribution in [0.4, 0.5) is 5.69 Å². The van der Waals surface area contributed by atoms with Crippen molar-refractivity contribution in [3.63, 3.8) is 0 Å². The first kappa shape index (κ1) is 15.9. The Labute approximate surface area is 128 Å². The minimum Gasteiger partial charge on any atom is -0.494 e. The van der Waals surface area contributed by atoms with Gasteiger partial charge in [0.05, 0.1) is 13.2 Å². The van der Waals surface area contributed by atoms with E-state index in [0.717, 1.165) is 23.5 Å².